The van der Waals surface area contributed by atoms with Crippen LogP contribution in [0.5, 0.6) is 0 Å². The highest BCUT2D eigenvalue weighted by atomic mass is 32.2. The second kappa shape index (κ2) is 10.7. The van der Waals surface area contributed by atoms with E-state index in [9.17, 15) is 22.0 Å². The van der Waals surface area contributed by atoms with E-state index in [0.717, 1.165) is 28.3 Å². The molecule has 0 saturated heterocycles. The minimum Gasteiger partial charge on any atom is -0.337 e. The second-order valence-corrected chi connectivity index (χ2v) is 11.5. The number of hydrogen-bond acceptors (Lipinski definition) is 6. The molecule has 1 heterocycles. The van der Waals surface area contributed by atoms with Crippen molar-refractivity contribution < 1.29 is 26.5 Å². The van der Waals surface area contributed by atoms with Crippen molar-refractivity contribution >= 4 is 21.6 Å². The lowest BCUT2D eigenvalue weighted by Crippen LogP contribution is -2.32. The van der Waals surface area contributed by atoms with Crippen molar-refractivity contribution in [3.8, 4) is 11.4 Å². The zero-order chi connectivity index (χ0) is 26.7. The van der Waals surface area contributed by atoms with Crippen LogP contribution in [0.15, 0.2) is 47.0 Å². The minimum atomic E-state index is -3.76. The van der Waals surface area contributed by atoms with Gasteiger partial charge in [0.1, 0.15) is 0 Å². The van der Waals surface area contributed by atoms with Gasteiger partial charge in [0.15, 0.2) is 11.6 Å². The van der Waals surface area contributed by atoms with Crippen molar-refractivity contribution in [3.05, 3.63) is 65.6 Å². The number of sulfonamides is 1. The maximum atomic E-state index is 13.6. The number of carbonyl (C=O) groups excluding carboxylic acids is 1. The third kappa shape index (κ3) is 6.87. The molecule has 0 radical (unpaired) electrons. The lowest BCUT2D eigenvalue weighted by molar-refractivity contribution is -0.130. The number of aromatic nitrogens is 2. The molecule has 3 rings (SSSR count). The Bertz CT molecular complexity index is 1320. The molecule has 2 aromatic carbocycles. The molecule has 0 unspecified atom stereocenters. The van der Waals surface area contributed by atoms with E-state index >= 15 is 0 Å². The Morgan fingerprint density at radius 3 is 2.31 bits per heavy atom. The largest absolute Gasteiger partial charge is 0.337 e. The summed E-state index contributed by atoms with van der Waals surface area (Å²) in [4.78, 5) is 18.4. The summed E-state index contributed by atoms with van der Waals surface area (Å²) in [5.74, 6) is -1.80. The van der Waals surface area contributed by atoms with Crippen LogP contribution >= 0.6 is 0 Å². The van der Waals surface area contributed by atoms with E-state index in [-0.39, 0.29) is 48.8 Å². The molecule has 1 aromatic heterocycles. The van der Waals surface area contributed by atoms with Crippen molar-refractivity contribution in [1.29, 1.82) is 0 Å². The van der Waals surface area contributed by atoms with Gasteiger partial charge in [0.05, 0.1) is 18.5 Å². The highest BCUT2D eigenvalue weighted by molar-refractivity contribution is 7.92. The SMILES string of the molecule is CN(Cc1nc(-c2ccc(C(C)(C)C)cc2)no1)C(=O)CCCN(c1ccc(F)c(F)c1)S(C)(=O)=O. The van der Waals surface area contributed by atoms with Crippen LogP contribution in [0.4, 0.5) is 14.5 Å². The standard InChI is InChI=1S/C25H30F2N4O4S/c1-25(2,3)18-10-8-17(9-11-18)24-28-22(35-29-24)16-30(4)23(32)7-6-14-31(36(5,33)34)19-12-13-20(26)21(27)15-19/h8-13,15H,6-7,14,16H2,1-5H3. The van der Waals surface area contributed by atoms with Crippen LogP contribution in [0.3, 0.4) is 0 Å². The molecule has 0 N–H and O–H groups in total. The Hall–Kier alpha value is -3.34. The van der Waals surface area contributed by atoms with E-state index in [1.54, 1.807) is 7.05 Å². The molecule has 0 bridgehead atoms. The van der Waals surface area contributed by atoms with Gasteiger partial charge in [-0.2, -0.15) is 4.98 Å². The number of hydrogen-bond donors (Lipinski definition) is 0. The average Bonchev–Trinajstić information content (AvgIpc) is 3.25. The van der Waals surface area contributed by atoms with Crippen LogP contribution in [-0.2, 0) is 26.8 Å². The lowest BCUT2D eigenvalue weighted by Gasteiger charge is -2.23. The minimum absolute atomic E-state index is 0.00822. The summed E-state index contributed by atoms with van der Waals surface area (Å²) >= 11 is 0. The molecule has 0 aliphatic carbocycles. The van der Waals surface area contributed by atoms with Crippen LogP contribution in [0.25, 0.3) is 11.4 Å². The Balaban J connectivity index is 1.57. The monoisotopic (exact) mass is 520 g/mol. The molecule has 36 heavy (non-hydrogen) atoms. The van der Waals surface area contributed by atoms with E-state index in [0.29, 0.717) is 5.82 Å². The van der Waals surface area contributed by atoms with Crippen molar-refractivity contribution in [2.75, 3.05) is 24.2 Å². The molecule has 3 aromatic rings. The molecule has 8 nitrogen and oxygen atoms in total. The zero-order valence-corrected chi connectivity index (χ0v) is 21.8. The fraction of sp³-hybridized carbons (Fsp3) is 0.400. The molecule has 1 amide bonds. The van der Waals surface area contributed by atoms with Gasteiger partial charge in [0, 0.05) is 31.6 Å². The summed E-state index contributed by atoms with van der Waals surface area (Å²) in [5, 5.41) is 4.00. The summed E-state index contributed by atoms with van der Waals surface area (Å²) in [6.07, 6.45) is 1.16. The van der Waals surface area contributed by atoms with E-state index in [1.807, 2.05) is 24.3 Å². The number of rotatable bonds is 9. The summed E-state index contributed by atoms with van der Waals surface area (Å²) in [6.45, 7) is 6.40. The molecule has 0 saturated carbocycles. The van der Waals surface area contributed by atoms with Crippen LogP contribution in [-0.4, -0.2) is 49.2 Å². The van der Waals surface area contributed by atoms with Crippen molar-refractivity contribution in [2.24, 2.45) is 0 Å². The Morgan fingerprint density at radius 1 is 1.06 bits per heavy atom. The van der Waals surface area contributed by atoms with Gasteiger partial charge >= 0.3 is 0 Å². The first kappa shape index (κ1) is 27.3. The summed E-state index contributed by atoms with van der Waals surface area (Å²) in [6, 6.07) is 10.7. The van der Waals surface area contributed by atoms with Gasteiger partial charge in [-0.15, -0.1) is 0 Å². The predicted octanol–water partition coefficient (Wildman–Crippen LogP) is 4.52. The fourth-order valence-electron chi connectivity index (χ4n) is 3.54. The topological polar surface area (TPSA) is 96.6 Å². The molecule has 194 valence electrons. The predicted molar refractivity (Wildman–Crippen MR) is 133 cm³/mol. The van der Waals surface area contributed by atoms with Gasteiger partial charge < -0.3 is 9.42 Å². The number of anilines is 1. The quantitative estimate of drug-likeness (QED) is 0.412. The van der Waals surface area contributed by atoms with Crippen LogP contribution in [0, 0.1) is 11.6 Å². The van der Waals surface area contributed by atoms with E-state index in [2.05, 4.69) is 30.9 Å². The van der Waals surface area contributed by atoms with E-state index in [4.69, 9.17) is 4.52 Å². The van der Waals surface area contributed by atoms with Crippen LogP contribution in [0.2, 0.25) is 0 Å². The first-order valence-corrected chi connectivity index (χ1v) is 13.2. The van der Waals surface area contributed by atoms with Crippen LogP contribution in [0.1, 0.15) is 45.1 Å². The van der Waals surface area contributed by atoms with Crippen molar-refractivity contribution in [3.63, 3.8) is 0 Å². The smallest absolute Gasteiger partial charge is 0.246 e. The maximum Gasteiger partial charge on any atom is 0.246 e. The average molecular weight is 521 g/mol. The Morgan fingerprint density at radius 2 is 1.72 bits per heavy atom. The normalized spacial score (nSPS) is 12.0. The molecule has 0 aliphatic rings. The van der Waals surface area contributed by atoms with Crippen LogP contribution < -0.4 is 4.31 Å². The van der Waals surface area contributed by atoms with Crippen molar-refractivity contribution in [2.45, 2.75) is 45.6 Å². The molecular weight excluding hydrogens is 490 g/mol. The summed E-state index contributed by atoms with van der Waals surface area (Å²) < 4.78 is 57.4. The van der Waals surface area contributed by atoms with Gasteiger partial charge in [0.25, 0.3) is 0 Å². The van der Waals surface area contributed by atoms with Gasteiger partial charge in [0.2, 0.25) is 27.6 Å². The molecule has 11 heteroatoms. The molecule has 0 aliphatic heterocycles. The third-order valence-corrected chi connectivity index (χ3v) is 6.81. The Kier molecular flexibility index (Phi) is 8.12. The summed E-state index contributed by atoms with van der Waals surface area (Å²) in [5.41, 5.74) is 1.99. The van der Waals surface area contributed by atoms with E-state index in [1.165, 1.54) is 16.5 Å². The first-order valence-electron chi connectivity index (χ1n) is 11.4. The van der Waals surface area contributed by atoms with Gasteiger partial charge in [-0.1, -0.05) is 50.2 Å². The van der Waals surface area contributed by atoms with E-state index < -0.39 is 21.7 Å². The van der Waals surface area contributed by atoms with Gasteiger partial charge in [-0.25, -0.2) is 17.2 Å². The molecule has 0 atom stereocenters. The first-order chi connectivity index (χ1) is 16.8. The fourth-order valence-corrected chi connectivity index (χ4v) is 4.50. The number of halogens is 2. The number of amides is 1. The Labute approximate surface area is 210 Å². The number of carbonyl (C=O) groups is 1. The number of nitrogens with zero attached hydrogens (tertiary/aromatic N) is 4. The van der Waals surface area contributed by atoms with Crippen molar-refractivity contribution in [1.82, 2.24) is 15.0 Å². The van der Waals surface area contributed by atoms with Gasteiger partial charge in [-0.3, -0.25) is 9.10 Å². The molecule has 0 spiro atoms. The zero-order valence-electron chi connectivity index (χ0n) is 21.0. The maximum absolute atomic E-state index is 13.6. The molecular formula is C25H30F2N4O4S. The summed E-state index contributed by atoms with van der Waals surface area (Å²) in [7, 11) is -2.19. The lowest BCUT2D eigenvalue weighted by atomic mass is 9.87. The van der Waals surface area contributed by atoms with Gasteiger partial charge in [-0.05, 0) is 29.5 Å². The highest BCUT2D eigenvalue weighted by Crippen LogP contribution is 2.25. The number of benzene rings is 2. The molecule has 0 fully saturated rings. The second-order valence-electron chi connectivity index (χ2n) is 9.63. The highest BCUT2D eigenvalue weighted by Gasteiger charge is 2.21. The third-order valence-electron chi connectivity index (χ3n) is 5.62.